The maximum atomic E-state index is 12.3. The number of imide groups is 1. The number of ether oxygens (including phenoxy) is 1. The van der Waals surface area contributed by atoms with Gasteiger partial charge < -0.3 is 20.3 Å². The Kier molecular flexibility index (Phi) is 6.88. The number of benzene rings is 1. The lowest BCUT2D eigenvalue weighted by atomic mass is 9.88. The number of nitrogens with zero attached hydrogens (tertiary/aromatic N) is 2. The van der Waals surface area contributed by atoms with E-state index in [1.165, 1.54) is 14.1 Å². The van der Waals surface area contributed by atoms with Gasteiger partial charge in [-0.2, -0.15) is 0 Å². The SMILES string of the molecule is CNC(=O)N(C(=O)NC)c1ccccc1C1CCN(C(=O)OC(C)(C)C)CC1. The molecule has 5 amide bonds. The minimum atomic E-state index is -0.526. The van der Waals surface area contributed by atoms with Crippen molar-refractivity contribution < 1.29 is 19.1 Å². The van der Waals surface area contributed by atoms with Gasteiger partial charge in [0.2, 0.25) is 0 Å². The Bertz CT molecular complexity index is 705. The van der Waals surface area contributed by atoms with Crippen molar-refractivity contribution in [2.75, 3.05) is 32.1 Å². The van der Waals surface area contributed by atoms with E-state index in [4.69, 9.17) is 4.74 Å². The Morgan fingerprint density at radius 1 is 1.04 bits per heavy atom. The van der Waals surface area contributed by atoms with Crippen molar-refractivity contribution in [1.29, 1.82) is 0 Å². The summed E-state index contributed by atoms with van der Waals surface area (Å²) < 4.78 is 5.45. The predicted octanol–water partition coefficient (Wildman–Crippen LogP) is 3.29. The summed E-state index contributed by atoms with van der Waals surface area (Å²) in [6.07, 6.45) is 1.15. The molecule has 1 saturated heterocycles. The van der Waals surface area contributed by atoms with Crippen molar-refractivity contribution in [2.24, 2.45) is 0 Å². The molecule has 2 rings (SSSR count). The smallest absolute Gasteiger partial charge is 0.410 e. The van der Waals surface area contributed by atoms with Crippen LogP contribution in [-0.4, -0.2) is 55.8 Å². The molecule has 0 unspecified atom stereocenters. The van der Waals surface area contributed by atoms with Crippen LogP contribution in [0.25, 0.3) is 0 Å². The number of hydrogen-bond acceptors (Lipinski definition) is 4. The van der Waals surface area contributed by atoms with Crippen molar-refractivity contribution in [3.8, 4) is 0 Å². The van der Waals surface area contributed by atoms with Gasteiger partial charge in [0.1, 0.15) is 5.60 Å². The number of amides is 5. The molecule has 0 saturated carbocycles. The second kappa shape index (κ2) is 8.95. The number of anilines is 1. The van der Waals surface area contributed by atoms with E-state index in [2.05, 4.69) is 10.6 Å². The molecule has 0 atom stereocenters. The average molecular weight is 390 g/mol. The Hall–Kier alpha value is -2.77. The van der Waals surface area contributed by atoms with E-state index >= 15 is 0 Å². The molecule has 0 spiro atoms. The molecule has 1 aliphatic rings. The molecule has 1 aliphatic heterocycles. The molecule has 0 radical (unpaired) electrons. The fourth-order valence-corrected chi connectivity index (χ4v) is 3.27. The lowest BCUT2D eigenvalue weighted by molar-refractivity contribution is 0.0205. The molecule has 2 N–H and O–H groups in total. The first kappa shape index (κ1) is 21.5. The summed E-state index contributed by atoms with van der Waals surface area (Å²) in [6.45, 7) is 6.67. The van der Waals surface area contributed by atoms with Crippen LogP contribution in [-0.2, 0) is 4.74 Å². The number of likely N-dealkylation sites (tertiary alicyclic amines) is 1. The van der Waals surface area contributed by atoms with Gasteiger partial charge >= 0.3 is 18.2 Å². The van der Waals surface area contributed by atoms with Gasteiger partial charge in [-0.1, -0.05) is 18.2 Å². The summed E-state index contributed by atoms with van der Waals surface area (Å²) in [7, 11) is 2.97. The third-order valence-electron chi connectivity index (χ3n) is 4.60. The Morgan fingerprint density at radius 3 is 2.07 bits per heavy atom. The van der Waals surface area contributed by atoms with Crippen LogP contribution in [0, 0.1) is 0 Å². The minimum absolute atomic E-state index is 0.131. The molecule has 0 aromatic heterocycles. The molecular weight excluding hydrogens is 360 g/mol. The summed E-state index contributed by atoms with van der Waals surface area (Å²) in [5.74, 6) is 0.131. The number of para-hydroxylation sites is 1. The predicted molar refractivity (Wildman–Crippen MR) is 108 cm³/mol. The minimum Gasteiger partial charge on any atom is -0.444 e. The maximum Gasteiger partial charge on any atom is 0.410 e. The number of rotatable bonds is 2. The van der Waals surface area contributed by atoms with Gasteiger partial charge in [-0.15, -0.1) is 0 Å². The van der Waals surface area contributed by atoms with Crippen LogP contribution in [0.1, 0.15) is 45.1 Å². The maximum absolute atomic E-state index is 12.3. The zero-order valence-corrected chi connectivity index (χ0v) is 17.2. The summed E-state index contributed by atoms with van der Waals surface area (Å²) in [5.41, 5.74) is 0.942. The van der Waals surface area contributed by atoms with Crippen molar-refractivity contribution in [2.45, 2.75) is 45.1 Å². The standard InChI is InChI=1S/C20H30N4O4/c1-20(2,3)28-19(27)23-12-10-14(11-13-23)15-8-6-7-9-16(15)24(17(25)21-4)18(26)22-5/h6-9,14H,10-13H2,1-5H3,(H,21,25)(H,22,26). The third-order valence-corrected chi connectivity index (χ3v) is 4.60. The Labute approximate surface area is 166 Å². The molecule has 28 heavy (non-hydrogen) atoms. The quantitative estimate of drug-likeness (QED) is 0.811. The zero-order chi connectivity index (χ0) is 20.9. The highest BCUT2D eigenvalue weighted by Crippen LogP contribution is 2.35. The van der Waals surface area contributed by atoms with Crippen molar-refractivity contribution in [3.05, 3.63) is 29.8 Å². The largest absolute Gasteiger partial charge is 0.444 e. The third kappa shape index (κ3) is 5.15. The first-order valence-corrected chi connectivity index (χ1v) is 9.48. The van der Waals surface area contributed by atoms with Crippen molar-refractivity contribution >= 4 is 23.8 Å². The molecule has 8 nitrogen and oxygen atoms in total. The lowest BCUT2D eigenvalue weighted by Crippen LogP contribution is -2.47. The lowest BCUT2D eigenvalue weighted by Gasteiger charge is -2.35. The van der Waals surface area contributed by atoms with Crippen LogP contribution in [0.5, 0.6) is 0 Å². The van der Waals surface area contributed by atoms with E-state index in [1.807, 2.05) is 32.9 Å². The van der Waals surface area contributed by atoms with E-state index in [-0.39, 0.29) is 12.0 Å². The zero-order valence-electron chi connectivity index (χ0n) is 17.2. The number of carbonyl (C=O) groups is 3. The second-order valence-electron chi connectivity index (χ2n) is 7.75. The van der Waals surface area contributed by atoms with Crippen LogP contribution in [0.15, 0.2) is 24.3 Å². The van der Waals surface area contributed by atoms with E-state index < -0.39 is 17.7 Å². The highest BCUT2D eigenvalue weighted by Gasteiger charge is 2.31. The highest BCUT2D eigenvalue weighted by molar-refractivity contribution is 6.13. The molecule has 1 heterocycles. The number of carbonyl (C=O) groups excluding carboxylic acids is 3. The molecule has 0 bridgehead atoms. The van der Waals surface area contributed by atoms with Crippen LogP contribution in [0.4, 0.5) is 20.1 Å². The van der Waals surface area contributed by atoms with Crippen molar-refractivity contribution in [3.63, 3.8) is 0 Å². The first-order valence-electron chi connectivity index (χ1n) is 9.48. The number of piperidine rings is 1. The molecule has 1 aromatic carbocycles. The van der Waals surface area contributed by atoms with Crippen LogP contribution in [0.3, 0.4) is 0 Å². The van der Waals surface area contributed by atoms with E-state index in [9.17, 15) is 14.4 Å². The van der Waals surface area contributed by atoms with Gasteiger partial charge in [0, 0.05) is 27.2 Å². The molecule has 1 fully saturated rings. The number of hydrogen-bond donors (Lipinski definition) is 2. The van der Waals surface area contributed by atoms with Gasteiger partial charge in [0.05, 0.1) is 5.69 Å². The Balaban J connectivity index is 2.19. The van der Waals surface area contributed by atoms with Crippen LogP contribution in [0.2, 0.25) is 0 Å². The van der Waals surface area contributed by atoms with E-state index in [0.717, 1.165) is 23.3 Å². The van der Waals surface area contributed by atoms with Gasteiger partial charge in [0.25, 0.3) is 0 Å². The van der Waals surface area contributed by atoms with Crippen LogP contribution < -0.4 is 15.5 Å². The van der Waals surface area contributed by atoms with Gasteiger partial charge in [-0.3, -0.25) is 0 Å². The topological polar surface area (TPSA) is 91.0 Å². The van der Waals surface area contributed by atoms with E-state index in [1.54, 1.807) is 17.0 Å². The summed E-state index contributed by atoms with van der Waals surface area (Å²) in [5, 5.41) is 5.02. The number of nitrogens with one attached hydrogen (secondary N) is 2. The molecule has 1 aromatic rings. The van der Waals surface area contributed by atoms with Crippen LogP contribution >= 0.6 is 0 Å². The summed E-state index contributed by atoms with van der Waals surface area (Å²) >= 11 is 0. The first-order chi connectivity index (χ1) is 13.2. The average Bonchev–Trinajstić information content (AvgIpc) is 2.67. The van der Waals surface area contributed by atoms with Crippen molar-refractivity contribution in [1.82, 2.24) is 15.5 Å². The van der Waals surface area contributed by atoms with Gasteiger partial charge in [-0.05, 0) is 51.2 Å². The molecule has 8 heteroatoms. The second-order valence-corrected chi connectivity index (χ2v) is 7.75. The molecular formula is C20H30N4O4. The summed E-state index contributed by atoms with van der Waals surface area (Å²) in [4.78, 5) is 39.7. The Morgan fingerprint density at radius 2 is 1.57 bits per heavy atom. The summed E-state index contributed by atoms with van der Waals surface area (Å²) in [6, 6.07) is 6.39. The monoisotopic (exact) mass is 390 g/mol. The molecule has 154 valence electrons. The van der Waals surface area contributed by atoms with Gasteiger partial charge in [0.15, 0.2) is 0 Å². The normalized spacial score (nSPS) is 15.0. The fraction of sp³-hybridized carbons (Fsp3) is 0.550. The number of urea groups is 2. The van der Waals surface area contributed by atoms with Gasteiger partial charge in [-0.25, -0.2) is 19.3 Å². The fourth-order valence-electron chi connectivity index (χ4n) is 3.27. The highest BCUT2D eigenvalue weighted by atomic mass is 16.6. The molecule has 0 aliphatic carbocycles. The van der Waals surface area contributed by atoms with E-state index in [0.29, 0.717) is 18.8 Å².